The van der Waals surface area contributed by atoms with Crippen LogP contribution in [-0.4, -0.2) is 17.4 Å². The molecule has 1 heterocycles. The van der Waals surface area contributed by atoms with E-state index in [4.69, 9.17) is 0 Å². The number of carbonyl (C=O) groups excluding carboxylic acids is 1. The third-order valence-electron chi connectivity index (χ3n) is 2.91. The van der Waals surface area contributed by atoms with E-state index < -0.39 is 0 Å². The highest BCUT2D eigenvalue weighted by molar-refractivity contribution is 5.78. The van der Waals surface area contributed by atoms with E-state index in [1.807, 2.05) is 49.5 Å². The first-order valence-electron chi connectivity index (χ1n) is 6.76. The van der Waals surface area contributed by atoms with Crippen molar-refractivity contribution < 1.29 is 4.79 Å². The molecule has 1 aromatic carbocycles. The molecule has 4 heteroatoms. The Balaban J connectivity index is 1.87. The van der Waals surface area contributed by atoms with Gasteiger partial charge < -0.3 is 10.6 Å². The van der Waals surface area contributed by atoms with Gasteiger partial charge in [0.25, 0.3) is 0 Å². The van der Waals surface area contributed by atoms with Crippen LogP contribution >= 0.6 is 0 Å². The van der Waals surface area contributed by atoms with Crippen molar-refractivity contribution in [2.24, 2.45) is 0 Å². The molecule has 0 aliphatic carbocycles. The van der Waals surface area contributed by atoms with Gasteiger partial charge in [0.1, 0.15) is 0 Å². The van der Waals surface area contributed by atoms with Crippen molar-refractivity contribution in [2.45, 2.75) is 19.9 Å². The van der Waals surface area contributed by atoms with Gasteiger partial charge in [-0.3, -0.25) is 9.78 Å². The average molecular weight is 269 g/mol. The number of hydrogen-bond acceptors (Lipinski definition) is 3. The van der Waals surface area contributed by atoms with Crippen LogP contribution in [0.5, 0.6) is 0 Å². The van der Waals surface area contributed by atoms with E-state index in [0.29, 0.717) is 13.0 Å². The second-order valence-corrected chi connectivity index (χ2v) is 4.54. The lowest BCUT2D eigenvalue weighted by Gasteiger charge is -2.07. The number of carbonyl (C=O) groups is 1. The first kappa shape index (κ1) is 14.1. The third kappa shape index (κ3) is 4.39. The van der Waals surface area contributed by atoms with Gasteiger partial charge in [-0.25, -0.2) is 0 Å². The molecule has 2 rings (SSSR count). The second kappa shape index (κ2) is 7.28. The van der Waals surface area contributed by atoms with E-state index in [-0.39, 0.29) is 5.91 Å². The molecule has 0 atom stereocenters. The monoisotopic (exact) mass is 269 g/mol. The van der Waals surface area contributed by atoms with Crippen LogP contribution in [0.25, 0.3) is 0 Å². The number of likely N-dealkylation sites (N-methyl/N-ethyl adjacent to an activating group) is 1. The molecule has 0 radical (unpaired) electrons. The van der Waals surface area contributed by atoms with Crippen LogP contribution in [0.2, 0.25) is 0 Å². The number of anilines is 1. The average Bonchev–Trinajstić information content (AvgIpc) is 2.48. The van der Waals surface area contributed by atoms with Gasteiger partial charge in [0, 0.05) is 31.2 Å². The van der Waals surface area contributed by atoms with Crippen LogP contribution < -0.4 is 10.6 Å². The van der Waals surface area contributed by atoms with Gasteiger partial charge in [0.15, 0.2) is 0 Å². The number of aromatic nitrogens is 1. The molecule has 0 saturated carbocycles. The number of hydrogen-bond donors (Lipinski definition) is 2. The molecule has 0 aliphatic heterocycles. The summed E-state index contributed by atoms with van der Waals surface area (Å²) in [4.78, 5) is 15.6. The molecule has 2 aromatic rings. The molecule has 0 aliphatic rings. The summed E-state index contributed by atoms with van der Waals surface area (Å²) in [7, 11) is 0. The molecule has 0 saturated heterocycles. The summed E-state index contributed by atoms with van der Waals surface area (Å²) in [5, 5.41) is 6.12. The van der Waals surface area contributed by atoms with Crippen molar-refractivity contribution in [3.05, 3.63) is 59.9 Å². The molecule has 20 heavy (non-hydrogen) atoms. The molecule has 0 bridgehead atoms. The molecule has 2 N–H and O–H groups in total. The lowest BCUT2D eigenvalue weighted by atomic mass is 10.1. The lowest BCUT2D eigenvalue weighted by Crippen LogP contribution is -2.24. The number of nitrogens with one attached hydrogen (secondary N) is 2. The number of nitrogens with zero attached hydrogens (tertiary/aromatic N) is 1. The minimum absolute atomic E-state index is 0.0589. The molecule has 1 amide bonds. The predicted molar refractivity (Wildman–Crippen MR) is 80.4 cm³/mol. The minimum atomic E-state index is 0.0589. The van der Waals surface area contributed by atoms with Crippen LogP contribution in [0, 0.1) is 0 Å². The van der Waals surface area contributed by atoms with Gasteiger partial charge in [-0.15, -0.1) is 0 Å². The smallest absolute Gasteiger partial charge is 0.224 e. The summed E-state index contributed by atoms with van der Waals surface area (Å²) in [5.41, 5.74) is 3.19. The van der Waals surface area contributed by atoms with Crippen molar-refractivity contribution in [2.75, 3.05) is 11.9 Å². The Labute approximate surface area is 119 Å². The summed E-state index contributed by atoms with van der Waals surface area (Å²) < 4.78 is 0. The fraction of sp³-hybridized carbons (Fsp3) is 0.250. The Morgan fingerprint density at radius 3 is 2.60 bits per heavy atom. The largest absolute Gasteiger partial charge is 0.381 e. The summed E-state index contributed by atoms with van der Waals surface area (Å²) >= 11 is 0. The molecular weight excluding hydrogens is 250 g/mol. The van der Waals surface area contributed by atoms with Crippen molar-refractivity contribution in [1.82, 2.24) is 10.3 Å². The summed E-state index contributed by atoms with van der Waals surface area (Å²) in [5.74, 6) is 0.0589. The molecule has 104 valence electrons. The summed E-state index contributed by atoms with van der Waals surface area (Å²) in [6.07, 6.45) is 4.03. The number of pyridine rings is 1. The van der Waals surface area contributed by atoms with Gasteiger partial charge in [0.05, 0.1) is 6.42 Å². The molecule has 0 spiro atoms. The maximum atomic E-state index is 11.5. The van der Waals surface area contributed by atoms with Gasteiger partial charge >= 0.3 is 0 Å². The number of benzene rings is 1. The SMILES string of the molecule is CCNC(=O)Cc1ccc(NCc2cccnc2)cc1. The fourth-order valence-corrected chi connectivity index (χ4v) is 1.89. The maximum absolute atomic E-state index is 11.5. The van der Waals surface area contributed by atoms with Crippen LogP contribution in [0.1, 0.15) is 18.1 Å². The summed E-state index contributed by atoms with van der Waals surface area (Å²) in [6.45, 7) is 3.33. The molecule has 4 nitrogen and oxygen atoms in total. The van der Waals surface area contributed by atoms with Crippen molar-refractivity contribution in [1.29, 1.82) is 0 Å². The zero-order chi connectivity index (χ0) is 14.2. The Hall–Kier alpha value is -2.36. The first-order chi connectivity index (χ1) is 9.78. The molecule has 0 unspecified atom stereocenters. The van der Waals surface area contributed by atoms with E-state index >= 15 is 0 Å². The highest BCUT2D eigenvalue weighted by Gasteiger charge is 2.01. The first-order valence-corrected chi connectivity index (χ1v) is 6.76. The van der Waals surface area contributed by atoms with Crippen LogP contribution in [0.3, 0.4) is 0 Å². The van der Waals surface area contributed by atoms with Crippen LogP contribution in [-0.2, 0) is 17.8 Å². The van der Waals surface area contributed by atoms with Gasteiger partial charge in [0.2, 0.25) is 5.91 Å². The predicted octanol–water partition coefficient (Wildman–Crippen LogP) is 2.37. The van der Waals surface area contributed by atoms with Crippen molar-refractivity contribution in [3.63, 3.8) is 0 Å². The lowest BCUT2D eigenvalue weighted by molar-refractivity contribution is -0.120. The maximum Gasteiger partial charge on any atom is 0.224 e. The van der Waals surface area contributed by atoms with E-state index in [2.05, 4.69) is 15.6 Å². The molecule has 0 fully saturated rings. The standard InChI is InChI=1S/C16H19N3O/c1-2-18-16(20)10-13-5-7-15(8-6-13)19-12-14-4-3-9-17-11-14/h3-9,11,19H,2,10,12H2,1H3,(H,18,20). The zero-order valence-electron chi connectivity index (χ0n) is 11.6. The summed E-state index contributed by atoms with van der Waals surface area (Å²) in [6, 6.07) is 11.9. The highest BCUT2D eigenvalue weighted by atomic mass is 16.1. The Kier molecular flexibility index (Phi) is 5.12. The Bertz CT molecular complexity index is 537. The second-order valence-electron chi connectivity index (χ2n) is 4.54. The van der Waals surface area contributed by atoms with Gasteiger partial charge in [-0.05, 0) is 36.2 Å². The Morgan fingerprint density at radius 2 is 1.95 bits per heavy atom. The zero-order valence-corrected chi connectivity index (χ0v) is 11.6. The molecular formula is C16H19N3O. The van der Waals surface area contributed by atoms with Gasteiger partial charge in [-0.2, -0.15) is 0 Å². The molecule has 1 aromatic heterocycles. The topological polar surface area (TPSA) is 54.0 Å². The van der Waals surface area contributed by atoms with E-state index in [9.17, 15) is 4.79 Å². The van der Waals surface area contributed by atoms with E-state index in [1.54, 1.807) is 6.20 Å². The third-order valence-corrected chi connectivity index (χ3v) is 2.91. The highest BCUT2D eigenvalue weighted by Crippen LogP contribution is 2.11. The normalized spacial score (nSPS) is 10.1. The minimum Gasteiger partial charge on any atom is -0.381 e. The van der Waals surface area contributed by atoms with Gasteiger partial charge in [-0.1, -0.05) is 18.2 Å². The number of rotatable bonds is 6. The Morgan fingerprint density at radius 1 is 1.15 bits per heavy atom. The van der Waals surface area contributed by atoms with E-state index in [0.717, 1.165) is 23.4 Å². The van der Waals surface area contributed by atoms with E-state index in [1.165, 1.54) is 0 Å². The van der Waals surface area contributed by atoms with Crippen LogP contribution in [0.4, 0.5) is 5.69 Å². The fourth-order valence-electron chi connectivity index (χ4n) is 1.89. The van der Waals surface area contributed by atoms with Crippen LogP contribution in [0.15, 0.2) is 48.8 Å². The quantitative estimate of drug-likeness (QED) is 0.846. The van der Waals surface area contributed by atoms with Crippen molar-refractivity contribution in [3.8, 4) is 0 Å². The van der Waals surface area contributed by atoms with Crippen molar-refractivity contribution >= 4 is 11.6 Å². The number of amides is 1.